The number of benzene rings is 1. The smallest absolute Gasteiger partial charge is 0.244 e. The van der Waals surface area contributed by atoms with Crippen LogP contribution in [0.4, 0.5) is 5.69 Å². The summed E-state index contributed by atoms with van der Waals surface area (Å²) in [5.74, 6) is 0.125. The maximum absolute atomic E-state index is 12.4. The van der Waals surface area contributed by atoms with Crippen molar-refractivity contribution in [3.05, 3.63) is 27.7 Å². The van der Waals surface area contributed by atoms with E-state index in [1.54, 1.807) is 0 Å². The van der Waals surface area contributed by atoms with Gasteiger partial charge in [0.1, 0.15) is 6.04 Å². The zero-order valence-corrected chi connectivity index (χ0v) is 13.8. The molecule has 1 N–H and O–H groups in total. The van der Waals surface area contributed by atoms with Crippen molar-refractivity contribution in [3.63, 3.8) is 0 Å². The Labute approximate surface area is 128 Å². The third-order valence-electron chi connectivity index (χ3n) is 3.49. The monoisotopic (exact) mass is 340 g/mol. The van der Waals surface area contributed by atoms with Gasteiger partial charge in [-0.3, -0.25) is 4.79 Å². The molecule has 1 atom stereocenters. The number of carbonyl (C=O) groups excluding carboxylic acids is 1. The third-order valence-corrected chi connectivity index (χ3v) is 4.11. The zero-order chi connectivity index (χ0) is 14.7. The van der Waals surface area contributed by atoms with Gasteiger partial charge in [-0.1, -0.05) is 6.07 Å². The summed E-state index contributed by atoms with van der Waals surface area (Å²) < 4.78 is 6.27. The van der Waals surface area contributed by atoms with Gasteiger partial charge >= 0.3 is 0 Å². The van der Waals surface area contributed by atoms with Crippen LogP contribution >= 0.6 is 15.9 Å². The van der Waals surface area contributed by atoms with Crippen LogP contribution in [0.25, 0.3) is 0 Å². The third kappa shape index (κ3) is 3.52. The molecule has 0 bridgehead atoms. The van der Waals surface area contributed by atoms with Gasteiger partial charge < -0.3 is 15.0 Å². The summed E-state index contributed by atoms with van der Waals surface area (Å²) in [6.07, 6.45) is 0. The molecule has 110 valence electrons. The number of hydrogen-bond acceptors (Lipinski definition) is 3. The molecule has 1 aliphatic heterocycles. The standard InChI is InChI=1S/C15H21BrN2O2/c1-10-8-11(2)14(13(16)9-10)17-12(3)15(19)18-4-6-20-7-5-18/h8-9,12,17H,4-7H2,1-3H3. The number of aryl methyl sites for hydroxylation is 2. The van der Waals surface area contributed by atoms with E-state index in [2.05, 4.69) is 40.3 Å². The molecular weight excluding hydrogens is 320 g/mol. The van der Waals surface area contributed by atoms with Crippen LogP contribution in [0.5, 0.6) is 0 Å². The van der Waals surface area contributed by atoms with Gasteiger partial charge in [0.2, 0.25) is 5.91 Å². The Balaban J connectivity index is 2.07. The van der Waals surface area contributed by atoms with Crippen molar-refractivity contribution in [1.29, 1.82) is 0 Å². The maximum Gasteiger partial charge on any atom is 0.244 e. The van der Waals surface area contributed by atoms with Crippen molar-refractivity contribution in [2.45, 2.75) is 26.8 Å². The molecule has 0 saturated carbocycles. The number of morpholine rings is 1. The van der Waals surface area contributed by atoms with Gasteiger partial charge in [0.05, 0.1) is 18.9 Å². The number of nitrogens with zero attached hydrogens (tertiary/aromatic N) is 1. The summed E-state index contributed by atoms with van der Waals surface area (Å²) in [6.45, 7) is 8.63. The van der Waals surface area contributed by atoms with Crippen LogP contribution in [0, 0.1) is 13.8 Å². The van der Waals surface area contributed by atoms with Crippen molar-refractivity contribution in [2.24, 2.45) is 0 Å². The minimum Gasteiger partial charge on any atom is -0.378 e. The summed E-state index contributed by atoms with van der Waals surface area (Å²) in [7, 11) is 0. The van der Waals surface area contributed by atoms with E-state index in [1.165, 1.54) is 5.56 Å². The van der Waals surface area contributed by atoms with Gasteiger partial charge in [-0.15, -0.1) is 0 Å². The van der Waals surface area contributed by atoms with Crippen molar-refractivity contribution in [2.75, 3.05) is 31.6 Å². The van der Waals surface area contributed by atoms with Crippen LogP contribution in [0.2, 0.25) is 0 Å². The highest BCUT2D eigenvalue weighted by molar-refractivity contribution is 9.10. The highest BCUT2D eigenvalue weighted by atomic mass is 79.9. The van der Waals surface area contributed by atoms with Gasteiger partial charge in [0.25, 0.3) is 0 Å². The molecule has 5 heteroatoms. The molecule has 1 heterocycles. The normalized spacial score (nSPS) is 16.9. The summed E-state index contributed by atoms with van der Waals surface area (Å²) in [5, 5.41) is 3.32. The van der Waals surface area contributed by atoms with E-state index in [1.807, 2.05) is 18.7 Å². The van der Waals surface area contributed by atoms with Gasteiger partial charge in [0, 0.05) is 17.6 Å². The summed E-state index contributed by atoms with van der Waals surface area (Å²) in [4.78, 5) is 14.2. The van der Waals surface area contributed by atoms with Gasteiger partial charge in [-0.05, 0) is 53.9 Å². The Morgan fingerprint density at radius 2 is 2.00 bits per heavy atom. The molecule has 1 aliphatic rings. The molecule has 1 aromatic rings. The van der Waals surface area contributed by atoms with Crippen LogP contribution in [0.3, 0.4) is 0 Å². The van der Waals surface area contributed by atoms with Crippen LogP contribution < -0.4 is 5.32 Å². The lowest BCUT2D eigenvalue weighted by Crippen LogP contribution is -2.47. The quantitative estimate of drug-likeness (QED) is 0.919. The van der Waals surface area contributed by atoms with Crippen LogP contribution in [0.15, 0.2) is 16.6 Å². The minimum atomic E-state index is -0.245. The Kier molecular flexibility index (Phi) is 5.05. The average Bonchev–Trinajstić information content (AvgIpc) is 2.42. The van der Waals surface area contributed by atoms with E-state index in [9.17, 15) is 4.79 Å². The number of anilines is 1. The largest absolute Gasteiger partial charge is 0.378 e. The number of nitrogens with one attached hydrogen (secondary N) is 1. The Morgan fingerprint density at radius 3 is 2.60 bits per heavy atom. The van der Waals surface area contributed by atoms with E-state index < -0.39 is 0 Å². The molecule has 1 saturated heterocycles. The lowest BCUT2D eigenvalue weighted by Gasteiger charge is -2.30. The molecule has 1 aromatic carbocycles. The Bertz CT molecular complexity index is 476. The van der Waals surface area contributed by atoms with Crippen LogP contribution in [-0.2, 0) is 9.53 Å². The van der Waals surface area contributed by atoms with Crippen molar-refractivity contribution in [1.82, 2.24) is 4.90 Å². The molecule has 0 aromatic heterocycles. The fourth-order valence-electron chi connectivity index (χ4n) is 2.43. The zero-order valence-electron chi connectivity index (χ0n) is 12.2. The molecule has 0 aliphatic carbocycles. The molecule has 0 radical (unpaired) electrons. The van der Waals surface area contributed by atoms with Gasteiger partial charge in [-0.2, -0.15) is 0 Å². The fraction of sp³-hybridized carbons (Fsp3) is 0.533. The first-order valence-corrected chi connectivity index (χ1v) is 7.68. The fourth-order valence-corrected chi connectivity index (χ4v) is 3.22. The first kappa shape index (κ1) is 15.3. The molecule has 20 heavy (non-hydrogen) atoms. The molecule has 4 nitrogen and oxygen atoms in total. The minimum absolute atomic E-state index is 0.125. The number of amides is 1. The molecule has 1 unspecified atom stereocenters. The Morgan fingerprint density at radius 1 is 1.35 bits per heavy atom. The lowest BCUT2D eigenvalue weighted by atomic mass is 10.1. The van der Waals surface area contributed by atoms with E-state index in [-0.39, 0.29) is 11.9 Å². The number of ether oxygens (including phenoxy) is 1. The van der Waals surface area contributed by atoms with E-state index >= 15 is 0 Å². The van der Waals surface area contributed by atoms with Crippen LogP contribution in [-0.4, -0.2) is 43.2 Å². The molecule has 2 rings (SSSR count). The predicted octanol–water partition coefficient (Wildman–Crippen LogP) is 2.73. The molecule has 1 amide bonds. The highest BCUT2D eigenvalue weighted by Crippen LogP contribution is 2.28. The lowest BCUT2D eigenvalue weighted by molar-refractivity contribution is -0.135. The molecular formula is C15H21BrN2O2. The van der Waals surface area contributed by atoms with Crippen molar-refractivity contribution >= 4 is 27.5 Å². The van der Waals surface area contributed by atoms with Crippen molar-refractivity contribution < 1.29 is 9.53 Å². The van der Waals surface area contributed by atoms with E-state index in [0.29, 0.717) is 26.3 Å². The predicted molar refractivity (Wildman–Crippen MR) is 84.1 cm³/mol. The maximum atomic E-state index is 12.4. The second-order valence-electron chi connectivity index (χ2n) is 5.24. The number of hydrogen-bond donors (Lipinski definition) is 1. The summed E-state index contributed by atoms with van der Waals surface area (Å²) in [6, 6.07) is 3.92. The SMILES string of the molecule is Cc1cc(C)c(NC(C)C(=O)N2CCOCC2)c(Br)c1. The number of carbonyl (C=O) groups is 1. The summed E-state index contributed by atoms with van der Waals surface area (Å²) in [5.41, 5.74) is 3.33. The van der Waals surface area contributed by atoms with Crippen LogP contribution in [0.1, 0.15) is 18.1 Å². The van der Waals surface area contributed by atoms with E-state index in [0.717, 1.165) is 15.7 Å². The van der Waals surface area contributed by atoms with Crippen molar-refractivity contribution in [3.8, 4) is 0 Å². The summed E-state index contributed by atoms with van der Waals surface area (Å²) >= 11 is 3.56. The Hall–Kier alpha value is -1.07. The van der Waals surface area contributed by atoms with Gasteiger partial charge in [0.15, 0.2) is 0 Å². The highest BCUT2D eigenvalue weighted by Gasteiger charge is 2.23. The number of halogens is 1. The number of rotatable bonds is 3. The first-order valence-electron chi connectivity index (χ1n) is 6.89. The topological polar surface area (TPSA) is 41.6 Å². The second-order valence-corrected chi connectivity index (χ2v) is 6.10. The molecule has 1 fully saturated rings. The molecule has 0 spiro atoms. The van der Waals surface area contributed by atoms with Gasteiger partial charge in [-0.25, -0.2) is 0 Å². The van der Waals surface area contributed by atoms with E-state index in [4.69, 9.17) is 4.74 Å². The first-order chi connectivity index (χ1) is 9.49. The average molecular weight is 341 g/mol. The second kappa shape index (κ2) is 6.59.